The minimum Gasteiger partial charge on any atom is -0.241 e. The summed E-state index contributed by atoms with van der Waals surface area (Å²) in [7, 11) is 0. The second kappa shape index (κ2) is 5.70. The van der Waals surface area contributed by atoms with E-state index in [0.717, 1.165) is 22.4 Å². The van der Waals surface area contributed by atoms with E-state index in [9.17, 15) is 4.39 Å². The van der Waals surface area contributed by atoms with Gasteiger partial charge in [0.05, 0.1) is 17.3 Å². The van der Waals surface area contributed by atoms with Crippen molar-refractivity contribution in [3.05, 3.63) is 83.4 Å². The first-order valence-corrected chi connectivity index (χ1v) is 7.09. The van der Waals surface area contributed by atoms with E-state index in [1.165, 1.54) is 12.1 Å². The molecule has 0 aliphatic carbocycles. The number of rotatable bonds is 3. The highest BCUT2D eigenvalue weighted by molar-refractivity contribution is 6.22. The monoisotopic (exact) mass is 300 g/mol. The number of hydrogen-bond donors (Lipinski definition) is 0. The van der Waals surface area contributed by atoms with Crippen molar-refractivity contribution in [2.45, 2.75) is 12.3 Å². The maximum Gasteiger partial charge on any atom is 0.123 e. The van der Waals surface area contributed by atoms with Gasteiger partial charge < -0.3 is 0 Å². The standard InChI is InChI=1S/C17H14ClFN2/c1-12-7-8-14(19)9-16(12)17(18)13-10-20-21(11-13)15-5-3-2-4-6-15/h2-11,17H,1H3. The molecule has 0 bridgehead atoms. The van der Waals surface area contributed by atoms with Gasteiger partial charge >= 0.3 is 0 Å². The molecule has 4 heteroatoms. The zero-order valence-corrected chi connectivity index (χ0v) is 12.3. The van der Waals surface area contributed by atoms with Crippen LogP contribution >= 0.6 is 11.6 Å². The van der Waals surface area contributed by atoms with Gasteiger partial charge in [-0.1, -0.05) is 24.3 Å². The number of aromatic nitrogens is 2. The van der Waals surface area contributed by atoms with Gasteiger partial charge in [-0.05, 0) is 42.3 Å². The Bertz CT molecular complexity index is 752. The molecule has 0 aliphatic rings. The summed E-state index contributed by atoms with van der Waals surface area (Å²) in [4.78, 5) is 0. The zero-order valence-electron chi connectivity index (χ0n) is 11.5. The van der Waals surface area contributed by atoms with Gasteiger partial charge in [0.15, 0.2) is 0 Å². The summed E-state index contributed by atoms with van der Waals surface area (Å²) in [5.41, 5.74) is 3.53. The number of para-hydroxylation sites is 1. The Labute approximate surface area is 127 Å². The molecule has 0 amide bonds. The molecule has 21 heavy (non-hydrogen) atoms. The molecular weight excluding hydrogens is 287 g/mol. The third-order valence-electron chi connectivity index (χ3n) is 3.43. The molecular formula is C17H14ClFN2. The molecule has 106 valence electrons. The normalized spacial score (nSPS) is 12.3. The molecule has 0 saturated heterocycles. The molecule has 0 aliphatic heterocycles. The van der Waals surface area contributed by atoms with Crippen LogP contribution in [-0.4, -0.2) is 9.78 Å². The Balaban J connectivity index is 1.94. The van der Waals surface area contributed by atoms with Crippen LogP contribution in [0.3, 0.4) is 0 Å². The van der Waals surface area contributed by atoms with E-state index in [-0.39, 0.29) is 5.82 Å². The molecule has 3 aromatic rings. The number of halogens is 2. The Morgan fingerprint density at radius 2 is 1.90 bits per heavy atom. The number of benzene rings is 2. The molecule has 0 N–H and O–H groups in total. The van der Waals surface area contributed by atoms with E-state index in [4.69, 9.17) is 11.6 Å². The van der Waals surface area contributed by atoms with Crippen molar-refractivity contribution in [3.8, 4) is 5.69 Å². The van der Waals surface area contributed by atoms with Crippen molar-refractivity contribution < 1.29 is 4.39 Å². The van der Waals surface area contributed by atoms with Crippen molar-refractivity contribution in [2.24, 2.45) is 0 Å². The van der Waals surface area contributed by atoms with E-state index in [2.05, 4.69) is 5.10 Å². The predicted molar refractivity (Wildman–Crippen MR) is 82.4 cm³/mol. The molecule has 3 rings (SSSR count). The van der Waals surface area contributed by atoms with Crippen molar-refractivity contribution in [2.75, 3.05) is 0 Å². The molecule has 1 unspecified atom stereocenters. The van der Waals surface area contributed by atoms with E-state index >= 15 is 0 Å². The van der Waals surface area contributed by atoms with Crippen molar-refractivity contribution in [1.82, 2.24) is 9.78 Å². The Morgan fingerprint density at radius 3 is 2.67 bits per heavy atom. The van der Waals surface area contributed by atoms with Gasteiger partial charge in [-0.25, -0.2) is 9.07 Å². The molecule has 0 spiro atoms. The van der Waals surface area contributed by atoms with Crippen molar-refractivity contribution in [3.63, 3.8) is 0 Å². The van der Waals surface area contributed by atoms with Crippen LogP contribution in [-0.2, 0) is 0 Å². The molecule has 0 radical (unpaired) electrons. The summed E-state index contributed by atoms with van der Waals surface area (Å²) in [5, 5.41) is 3.91. The van der Waals surface area contributed by atoms with Crippen LogP contribution in [0.2, 0.25) is 0 Å². The lowest BCUT2D eigenvalue weighted by Crippen LogP contribution is -1.97. The van der Waals surface area contributed by atoms with Crippen molar-refractivity contribution >= 4 is 11.6 Å². The van der Waals surface area contributed by atoms with Crippen LogP contribution in [0, 0.1) is 12.7 Å². The Hall–Kier alpha value is -2.13. The van der Waals surface area contributed by atoms with Crippen LogP contribution in [0.15, 0.2) is 60.9 Å². The second-order valence-electron chi connectivity index (χ2n) is 4.92. The van der Waals surface area contributed by atoms with Crippen LogP contribution in [0.5, 0.6) is 0 Å². The minimum atomic E-state index is -0.418. The maximum atomic E-state index is 13.4. The van der Waals surface area contributed by atoms with Crippen molar-refractivity contribution in [1.29, 1.82) is 0 Å². The number of aryl methyl sites for hydroxylation is 1. The SMILES string of the molecule is Cc1ccc(F)cc1C(Cl)c1cnn(-c2ccccc2)c1. The first-order chi connectivity index (χ1) is 10.1. The number of hydrogen-bond acceptors (Lipinski definition) is 1. The molecule has 2 aromatic carbocycles. The number of nitrogens with zero attached hydrogens (tertiary/aromatic N) is 2. The lowest BCUT2D eigenvalue weighted by Gasteiger charge is -2.11. The maximum absolute atomic E-state index is 13.4. The summed E-state index contributed by atoms with van der Waals surface area (Å²) >= 11 is 6.49. The minimum absolute atomic E-state index is 0.281. The molecule has 1 heterocycles. The molecule has 0 fully saturated rings. The van der Waals surface area contributed by atoms with Gasteiger partial charge in [0.2, 0.25) is 0 Å². The van der Waals surface area contributed by atoms with E-state index < -0.39 is 5.38 Å². The van der Waals surface area contributed by atoms with E-state index in [0.29, 0.717) is 0 Å². The van der Waals surface area contributed by atoms with Crippen LogP contribution in [0.4, 0.5) is 4.39 Å². The molecule has 2 nitrogen and oxygen atoms in total. The van der Waals surface area contributed by atoms with E-state index in [1.54, 1.807) is 16.9 Å². The Kier molecular flexibility index (Phi) is 3.76. The third-order valence-corrected chi connectivity index (χ3v) is 3.92. The summed E-state index contributed by atoms with van der Waals surface area (Å²) in [6.45, 7) is 1.92. The largest absolute Gasteiger partial charge is 0.241 e. The molecule has 0 saturated carbocycles. The number of alkyl halides is 1. The van der Waals surface area contributed by atoms with Gasteiger partial charge in [-0.2, -0.15) is 5.10 Å². The zero-order chi connectivity index (χ0) is 14.8. The fourth-order valence-corrected chi connectivity index (χ4v) is 2.60. The third kappa shape index (κ3) is 2.83. The lowest BCUT2D eigenvalue weighted by atomic mass is 10.0. The van der Waals surface area contributed by atoms with Gasteiger partial charge in [0.1, 0.15) is 5.82 Å². The lowest BCUT2D eigenvalue weighted by molar-refractivity contribution is 0.625. The average molecular weight is 301 g/mol. The average Bonchev–Trinajstić information content (AvgIpc) is 3.00. The van der Waals surface area contributed by atoms with Crippen LogP contribution < -0.4 is 0 Å². The first-order valence-electron chi connectivity index (χ1n) is 6.65. The molecule has 1 atom stereocenters. The fraction of sp³-hybridized carbons (Fsp3) is 0.118. The van der Waals surface area contributed by atoms with Gasteiger partial charge in [0, 0.05) is 11.8 Å². The predicted octanol–water partition coefficient (Wildman–Crippen LogP) is 4.65. The molecule has 1 aromatic heterocycles. The van der Waals surface area contributed by atoms with Crippen LogP contribution in [0.1, 0.15) is 22.1 Å². The highest BCUT2D eigenvalue weighted by Gasteiger charge is 2.16. The summed E-state index contributed by atoms with van der Waals surface area (Å²) in [5.74, 6) is -0.281. The quantitative estimate of drug-likeness (QED) is 0.644. The summed E-state index contributed by atoms with van der Waals surface area (Å²) in [6, 6.07) is 14.4. The Morgan fingerprint density at radius 1 is 1.14 bits per heavy atom. The first kappa shape index (κ1) is 13.8. The fourth-order valence-electron chi connectivity index (χ4n) is 2.25. The summed E-state index contributed by atoms with van der Waals surface area (Å²) in [6.07, 6.45) is 3.59. The van der Waals surface area contributed by atoms with Gasteiger partial charge in [-0.3, -0.25) is 0 Å². The highest BCUT2D eigenvalue weighted by atomic mass is 35.5. The highest BCUT2D eigenvalue weighted by Crippen LogP contribution is 2.31. The van der Waals surface area contributed by atoms with E-state index in [1.807, 2.05) is 43.5 Å². The smallest absolute Gasteiger partial charge is 0.123 e. The van der Waals surface area contributed by atoms with Crippen LogP contribution in [0.25, 0.3) is 5.69 Å². The summed E-state index contributed by atoms with van der Waals surface area (Å²) < 4.78 is 15.2. The van der Waals surface area contributed by atoms with Gasteiger partial charge in [-0.15, -0.1) is 11.6 Å². The second-order valence-corrected chi connectivity index (χ2v) is 5.35. The van der Waals surface area contributed by atoms with Gasteiger partial charge in [0.25, 0.3) is 0 Å². The topological polar surface area (TPSA) is 17.8 Å².